The van der Waals surface area contributed by atoms with Crippen LogP contribution in [-0.2, 0) is 0 Å². The smallest absolute Gasteiger partial charge is 0.126 e. The molecule has 0 aliphatic carbocycles. The van der Waals surface area contributed by atoms with E-state index in [1.807, 2.05) is 19.1 Å². The van der Waals surface area contributed by atoms with Gasteiger partial charge in [-0.3, -0.25) is 0 Å². The van der Waals surface area contributed by atoms with Gasteiger partial charge in [0.2, 0.25) is 0 Å². The molecular formula is C12H10Cl2N2. The summed E-state index contributed by atoms with van der Waals surface area (Å²) in [6.07, 6.45) is 1.71. The number of hydrogen-bond acceptors (Lipinski definition) is 2. The van der Waals surface area contributed by atoms with Crippen molar-refractivity contribution in [3.05, 3.63) is 46.1 Å². The van der Waals surface area contributed by atoms with Gasteiger partial charge in [0.1, 0.15) is 5.82 Å². The number of aryl methyl sites for hydroxylation is 1. The number of nitrogen functional groups attached to an aromatic ring is 1. The topological polar surface area (TPSA) is 38.9 Å². The third-order valence-electron chi connectivity index (χ3n) is 2.36. The van der Waals surface area contributed by atoms with Crippen LogP contribution in [0.25, 0.3) is 11.1 Å². The van der Waals surface area contributed by atoms with E-state index in [1.54, 1.807) is 18.3 Å². The van der Waals surface area contributed by atoms with Gasteiger partial charge in [-0.15, -0.1) is 0 Å². The maximum Gasteiger partial charge on any atom is 0.126 e. The lowest BCUT2D eigenvalue weighted by Crippen LogP contribution is -1.94. The fourth-order valence-electron chi connectivity index (χ4n) is 1.46. The zero-order valence-electron chi connectivity index (χ0n) is 8.67. The summed E-state index contributed by atoms with van der Waals surface area (Å²) in [6, 6.07) is 7.34. The van der Waals surface area contributed by atoms with Crippen LogP contribution in [0, 0.1) is 6.92 Å². The highest BCUT2D eigenvalue weighted by atomic mass is 35.5. The van der Waals surface area contributed by atoms with E-state index >= 15 is 0 Å². The highest BCUT2D eigenvalue weighted by Crippen LogP contribution is 2.30. The monoisotopic (exact) mass is 252 g/mol. The Balaban J connectivity index is 2.54. The van der Waals surface area contributed by atoms with Gasteiger partial charge in [-0.25, -0.2) is 4.98 Å². The van der Waals surface area contributed by atoms with Crippen LogP contribution in [-0.4, -0.2) is 4.98 Å². The lowest BCUT2D eigenvalue weighted by atomic mass is 10.1. The molecular weight excluding hydrogens is 243 g/mol. The first-order chi connectivity index (χ1) is 7.58. The number of halogens is 2. The van der Waals surface area contributed by atoms with E-state index in [2.05, 4.69) is 4.98 Å². The molecule has 2 aromatic rings. The van der Waals surface area contributed by atoms with Gasteiger partial charge >= 0.3 is 0 Å². The van der Waals surface area contributed by atoms with Crippen LogP contribution in [0.4, 0.5) is 5.82 Å². The van der Waals surface area contributed by atoms with Gasteiger partial charge in [-0.2, -0.15) is 0 Å². The Hall–Kier alpha value is -1.25. The van der Waals surface area contributed by atoms with Gasteiger partial charge in [0, 0.05) is 27.4 Å². The van der Waals surface area contributed by atoms with Crippen molar-refractivity contribution in [3.8, 4) is 11.1 Å². The van der Waals surface area contributed by atoms with E-state index in [9.17, 15) is 0 Å². The fraction of sp³-hybridized carbons (Fsp3) is 0.0833. The predicted octanol–water partition coefficient (Wildman–Crippen LogP) is 3.95. The molecule has 0 unspecified atom stereocenters. The molecule has 0 saturated heterocycles. The SMILES string of the molecule is Cc1cc(-c2ccc(Cl)cc2Cl)cnc1N. The average Bonchev–Trinajstić information content (AvgIpc) is 2.22. The molecule has 82 valence electrons. The Kier molecular flexibility index (Phi) is 3.03. The van der Waals surface area contributed by atoms with Crippen molar-refractivity contribution in [1.29, 1.82) is 0 Å². The van der Waals surface area contributed by atoms with Crippen molar-refractivity contribution in [1.82, 2.24) is 4.98 Å². The highest BCUT2D eigenvalue weighted by Gasteiger charge is 2.06. The molecule has 0 bridgehead atoms. The molecule has 2 nitrogen and oxygen atoms in total. The van der Waals surface area contributed by atoms with Crippen molar-refractivity contribution >= 4 is 29.0 Å². The van der Waals surface area contributed by atoms with Crippen LogP contribution in [0.5, 0.6) is 0 Å². The molecule has 4 heteroatoms. The fourth-order valence-corrected chi connectivity index (χ4v) is 1.97. The average molecular weight is 253 g/mol. The quantitative estimate of drug-likeness (QED) is 0.835. The van der Waals surface area contributed by atoms with Crippen molar-refractivity contribution in [2.24, 2.45) is 0 Å². The minimum Gasteiger partial charge on any atom is -0.383 e. The summed E-state index contributed by atoms with van der Waals surface area (Å²) in [6.45, 7) is 1.91. The van der Waals surface area contributed by atoms with E-state index in [0.29, 0.717) is 15.9 Å². The van der Waals surface area contributed by atoms with E-state index in [-0.39, 0.29) is 0 Å². The van der Waals surface area contributed by atoms with Crippen LogP contribution >= 0.6 is 23.2 Å². The van der Waals surface area contributed by atoms with Gasteiger partial charge in [-0.1, -0.05) is 29.3 Å². The van der Waals surface area contributed by atoms with E-state index in [1.165, 1.54) is 0 Å². The maximum atomic E-state index is 6.11. The molecule has 1 aromatic heterocycles. The van der Waals surface area contributed by atoms with E-state index in [0.717, 1.165) is 16.7 Å². The van der Waals surface area contributed by atoms with Crippen molar-refractivity contribution in [2.75, 3.05) is 5.73 Å². The Morgan fingerprint density at radius 3 is 2.56 bits per heavy atom. The van der Waals surface area contributed by atoms with Gasteiger partial charge < -0.3 is 5.73 Å². The number of rotatable bonds is 1. The minimum absolute atomic E-state index is 0.536. The summed E-state index contributed by atoms with van der Waals surface area (Å²) >= 11 is 12.0. The Bertz CT molecular complexity index is 539. The molecule has 2 rings (SSSR count). The number of nitrogens with two attached hydrogens (primary N) is 1. The molecule has 0 atom stereocenters. The molecule has 0 aliphatic rings. The van der Waals surface area contributed by atoms with Crippen LogP contribution < -0.4 is 5.73 Å². The molecule has 1 heterocycles. The zero-order chi connectivity index (χ0) is 11.7. The van der Waals surface area contributed by atoms with Crippen LogP contribution in [0.15, 0.2) is 30.5 Å². The third-order valence-corrected chi connectivity index (χ3v) is 2.91. The van der Waals surface area contributed by atoms with Crippen molar-refractivity contribution in [2.45, 2.75) is 6.92 Å². The molecule has 2 N–H and O–H groups in total. The Morgan fingerprint density at radius 1 is 1.19 bits per heavy atom. The number of aromatic nitrogens is 1. The second-order valence-corrected chi connectivity index (χ2v) is 4.39. The predicted molar refractivity (Wildman–Crippen MR) is 68.8 cm³/mol. The minimum atomic E-state index is 0.536. The molecule has 0 aliphatic heterocycles. The summed E-state index contributed by atoms with van der Waals surface area (Å²) in [5, 5.41) is 1.23. The Labute approximate surface area is 104 Å². The van der Waals surface area contributed by atoms with Gasteiger partial charge in [0.25, 0.3) is 0 Å². The molecule has 16 heavy (non-hydrogen) atoms. The van der Waals surface area contributed by atoms with Crippen LogP contribution in [0.3, 0.4) is 0 Å². The van der Waals surface area contributed by atoms with Crippen molar-refractivity contribution in [3.63, 3.8) is 0 Å². The number of pyridine rings is 1. The van der Waals surface area contributed by atoms with E-state index < -0.39 is 0 Å². The molecule has 0 saturated carbocycles. The lowest BCUT2D eigenvalue weighted by molar-refractivity contribution is 1.28. The first-order valence-electron chi connectivity index (χ1n) is 4.75. The number of nitrogens with zero attached hydrogens (tertiary/aromatic N) is 1. The van der Waals surface area contributed by atoms with Crippen LogP contribution in [0.1, 0.15) is 5.56 Å². The first-order valence-corrected chi connectivity index (χ1v) is 5.51. The molecule has 0 fully saturated rings. The normalized spacial score (nSPS) is 10.4. The standard InChI is InChI=1S/C12H10Cl2N2/c1-7-4-8(6-16-12(7)15)10-3-2-9(13)5-11(10)14/h2-6H,1H3,(H2,15,16). The van der Waals surface area contributed by atoms with E-state index in [4.69, 9.17) is 28.9 Å². The molecule has 1 aromatic carbocycles. The van der Waals surface area contributed by atoms with Gasteiger partial charge in [-0.05, 0) is 30.7 Å². The number of anilines is 1. The summed E-state index contributed by atoms with van der Waals surface area (Å²) < 4.78 is 0. The molecule has 0 amide bonds. The molecule has 0 radical (unpaired) electrons. The number of hydrogen-bond donors (Lipinski definition) is 1. The summed E-state index contributed by atoms with van der Waals surface area (Å²) in [5.74, 6) is 0.536. The van der Waals surface area contributed by atoms with Crippen LogP contribution in [0.2, 0.25) is 10.0 Å². The lowest BCUT2D eigenvalue weighted by Gasteiger charge is -2.06. The second kappa shape index (κ2) is 4.32. The zero-order valence-corrected chi connectivity index (χ0v) is 10.2. The highest BCUT2D eigenvalue weighted by molar-refractivity contribution is 6.36. The second-order valence-electron chi connectivity index (χ2n) is 3.55. The maximum absolute atomic E-state index is 6.11. The first kappa shape index (κ1) is 11.2. The van der Waals surface area contributed by atoms with Gasteiger partial charge in [0.05, 0.1) is 0 Å². The molecule has 0 spiro atoms. The largest absolute Gasteiger partial charge is 0.383 e. The Morgan fingerprint density at radius 2 is 1.94 bits per heavy atom. The third kappa shape index (κ3) is 2.13. The van der Waals surface area contributed by atoms with Gasteiger partial charge in [0.15, 0.2) is 0 Å². The summed E-state index contributed by atoms with van der Waals surface area (Å²) in [7, 11) is 0. The summed E-state index contributed by atoms with van der Waals surface area (Å²) in [5.41, 5.74) is 8.44. The van der Waals surface area contributed by atoms with Crippen molar-refractivity contribution < 1.29 is 0 Å². The summed E-state index contributed by atoms with van der Waals surface area (Å²) in [4.78, 5) is 4.10. The number of benzene rings is 1.